The van der Waals surface area contributed by atoms with Gasteiger partial charge in [-0.2, -0.15) is 13.2 Å². The zero-order valence-corrected chi connectivity index (χ0v) is 12.5. The lowest BCUT2D eigenvalue weighted by Crippen LogP contribution is -2.29. The highest BCUT2D eigenvalue weighted by Gasteiger charge is 2.38. The number of rotatable bonds is 1. The topological polar surface area (TPSA) is 37.4 Å². The number of anilines is 1. The Kier molecular flexibility index (Phi) is 3.44. The zero-order chi connectivity index (χ0) is 16.9. The lowest BCUT2D eigenvalue weighted by molar-refractivity contribution is -0.137. The van der Waals surface area contributed by atoms with Crippen molar-refractivity contribution < 1.29 is 22.8 Å². The number of imide groups is 1. The summed E-state index contributed by atoms with van der Waals surface area (Å²) in [6.45, 7) is 1.77. The minimum Gasteiger partial charge on any atom is -0.268 e. The summed E-state index contributed by atoms with van der Waals surface area (Å²) in [6.07, 6.45) is -4.60. The largest absolute Gasteiger partial charge is 0.417 e. The van der Waals surface area contributed by atoms with Crippen LogP contribution in [0.3, 0.4) is 0 Å². The molecule has 1 heterocycles. The van der Waals surface area contributed by atoms with E-state index in [9.17, 15) is 22.8 Å². The van der Waals surface area contributed by atoms with E-state index < -0.39 is 28.6 Å². The van der Waals surface area contributed by atoms with Crippen molar-refractivity contribution in [2.24, 2.45) is 0 Å². The summed E-state index contributed by atoms with van der Waals surface area (Å²) in [7, 11) is 0. The van der Waals surface area contributed by atoms with Gasteiger partial charge in [-0.25, -0.2) is 4.90 Å². The standard InChI is InChI=1S/C16H9ClF3NO2/c1-8-2-4-10-11(6-8)15(23)21(14(10)22)9-3-5-12(13(17)7-9)16(18,19)20/h2-7H,1H3. The maximum atomic E-state index is 12.7. The molecule has 0 radical (unpaired) electrons. The fourth-order valence-electron chi connectivity index (χ4n) is 2.46. The van der Waals surface area contributed by atoms with Gasteiger partial charge in [-0.15, -0.1) is 0 Å². The Morgan fingerprint density at radius 1 is 0.957 bits per heavy atom. The van der Waals surface area contributed by atoms with Gasteiger partial charge in [0.2, 0.25) is 0 Å². The number of carbonyl (C=O) groups excluding carboxylic acids is 2. The first-order chi connectivity index (χ1) is 10.7. The van der Waals surface area contributed by atoms with Crippen molar-refractivity contribution in [1.82, 2.24) is 0 Å². The summed E-state index contributed by atoms with van der Waals surface area (Å²) in [5.74, 6) is -1.16. The second-order valence-electron chi connectivity index (χ2n) is 5.16. The monoisotopic (exact) mass is 339 g/mol. The second-order valence-corrected chi connectivity index (χ2v) is 5.56. The summed E-state index contributed by atoms with van der Waals surface area (Å²) in [5, 5.41) is -0.567. The number of amides is 2. The Balaban J connectivity index is 2.06. The molecule has 0 atom stereocenters. The third kappa shape index (κ3) is 2.49. The van der Waals surface area contributed by atoms with Gasteiger partial charge in [0.15, 0.2) is 0 Å². The molecule has 0 saturated heterocycles. The van der Waals surface area contributed by atoms with E-state index in [1.165, 1.54) is 6.07 Å². The van der Waals surface area contributed by atoms with Crippen molar-refractivity contribution in [3.63, 3.8) is 0 Å². The first-order valence-corrected chi connectivity index (χ1v) is 6.94. The van der Waals surface area contributed by atoms with Gasteiger partial charge in [0.1, 0.15) is 0 Å². The Morgan fingerprint density at radius 2 is 1.61 bits per heavy atom. The van der Waals surface area contributed by atoms with Crippen LogP contribution < -0.4 is 4.90 Å². The van der Waals surface area contributed by atoms with Crippen LogP contribution >= 0.6 is 11.6 Å². The fraction of sp³-hybridized carbons (Fsp3) is 0.125. The molecule has 0 unspecified atom stereocenters. The predicted molar refractivity (Wildman–Crippen MR) is 78.8 cm³/mol. The van der Waals surface area contributed by atoms with E-state index in [1.807, 2.05) is 0 Å². The molecule has 0 N–H and O–H groups in total. The number of benzene rings is 2. The molecule has 0 aliphatic carbocycles. The van der Waals surface area contributed by atoms with Gasteiger partial charge in [0.25, 0.3) is 11.8 Å². The number of hydrogen-bond acceptors (Lipinski definition) is 2. The average Bonchev–Trinajstić information content (AvgIpc) is 2.69. The first-order valence-electron chi connectivity index (χ1n) is 6.56. The van der Waals surface area contributed by atoms with Crippen LogP contribution in [0.1, 0.15) is 31.8 Å². The van der Waals surface area contributed by atoms with Gasteiger partial charge in [0, 0.05) is 0 Å². The number of halogens is 4. The maximum absolute atomic E-state index is 12.7. The number of carbonyl (C=O) groups is 2. The van der Waals surface area contributed by atoms with Crippen LogP contribution in [0.2, 0.25) is 5.02 Å². The SMILES string of the molecule is Cc1ccc2c(c1)C(=O)N(c1ccc(C(F)(F)F)c(Cl)c1)C2=O. The van der Waals surface area contributed by atoms with Crippen LogP contribution in [-0.2, 0) is 6.18 Å². The molecular formula is C16H9ClF3NO2. The second kappa shape index (κ2) is 5.09. The third-order valence-corrected chi connectivity index (χ3v) is 3.87. The third-order valence-electron chi connectivity index (χ3n) is 3.56. The van der Waals surface area contributed by atoms with E-state index in [1.54, 1.807) is 19.1 Å². The van der Waals surface area contributed by atoms with Gasteiger partial charge >= 0.3 is 6.18 Å². The highest BCUT2D eigenvalue weighted by molar-refractivity contribution is 6.35. The molecule has 0 fully saturated rings. The Bertz CT molecular complexity index is 846. The van der Waals surface area contributed by atoms with Gasteiger partial charge < -0.3 is 0 Å². The Hall–Kier alpha value is -2.34. The smallest absolute Gasteiger partial charge is 0.268 e. The van der Waals surface area contributed by atoms with Crippen LogP contribution in [0.15, 0.2) is 36.4 Å². The van der Waals surface area contributed by atoms with Crippen molar-refractivity contribution in [1.29, 1.82) is 0 Å². The molecule has 2 amide bonds. The van der Waals surface area contributed by atoms with Crippen molar-refractivity contribution in [3.05, 3.63) is 63.7 Å². The summed E-state index contributed by atoms with van der Waals surface area (Å²) in [4.78, 5) is 25.6. The molecule has 0 bridgehead atoms. The number of alkyl halides is 3. The molecule has 3 nitrogen and oxygen atoms in total. The summed E-state index contributed by atoms with van der Waals surface area (Å²) < 4.78 is 38.2. The number of fused-ring (bicyclic) bond motifs is 1. The molecule has 2 aromatic carbocycles. The van der Waals surface area contributed by atoms with Gasteiger partial charge in [-0.05, 0) is 37.3 Å². The number of nitrogens with zero attached hydrogens (tertiary/aromatic N) is 1. The maximum Gasteiger partial charge on any atom is 0.417 e. The molecular weight excluding hydrogens is 331 g/mol. The Morgan fingerprint density at radius 3 is 2.22 bits per heavy atom. The van der Waals surface area contributed by atoms with E-state index in [-0.39, 0.29) is 16.8 Å². The summed E-state index contributed by atoms with van der Waals surface area (Å²) in [5.41, 5.74) is 0.238. The normalized spacial score (nSPS) is 14.4. The zero-order valence-electron chi connectivity index (χ0n) is 11.7. The van der Waals surface area contributed by atoms with E-state index in [2.05, 4.69) is 0 Å². The van der Waals surface area contributed by atoms with Crippen LogP contribution in [0, 0.1) is 6.92 Å². The van der Waals surface area contributed by atoms with E-state index in [0.717, 1.165) is 28.7 Å². The van der Waals surface area contributed by atoms with Crippen molar-refractivity contribution >= 4 is 29.1 Å². The van der Waals surface area contributed by atoms with Crippen molar-refractivity contribution in [2.75, 3.05) is 4.90 Å². The number of hydrogen-bond donors (Lipinski definition) is 0. The van der Waals surface area contributed by atoms with Crippen molar-refractivity contribution in [3.8, 4) is 0 Å². The summed E-state index contributed by atoms with van der Waals surface area (Å²) >= 11 is 5.66. The highest BCUT2D eigenvalue weighted by atomic mass is 35.5. The van der Waals surface area contributed by atoms with E-state index >= 15 is 0 Å². The minimum atomic E-state index is -4.60. The summed E-state index contributed by atoms with van der Waals surface area (Å²) in [6, 6.07) is 7.57. The first kappa shape index (κ1) is 15.6. The predicted octanol–water partition coefficient (Wildman–Crippen LogP) is 4.47. The van der Waals surface area contributed by atoms with E-state index in [0.29, 0.717) is 0 Å². The molecule has 23 heavy (non-hydrogen) atoms. The molecule has 7 heteroatoms. The molecule has 1 aliphatic rings. The van der Waals surface area contributed by atoms with Crippen LogP contribution in [0.5, 0.6) is 0 Å². The molecule has 0 aromatic heterocycles. The molecule has 3 rings (SSSR count). The molecule has 0 saturated carbocycles. The Labute approximate surface area is 134 Å². The van der Waals surface area contributed by atoms with Crippen LogP contribution in [0.25, 0.3) is 0 Å². The van der Waals surface area contributed by atoms with Crippen molar-refractivity contribution in [2.45, 2.75) is 13.1 Å². The molecule has 0 spiro atoms. The lowest BCUT2D eigenvalue weighted by Gasteiger charge is -2.16. The number of aryl methyl sites for hydroxylation is 1. The van der Waals surface area contributed by atoms with Crippen LogP contribution in [0.4, 0.5) is 18.9 Å². The molecule has 118 valence electrons. The quantitative estimate of drug-likeness (QED) is 0.719. The van der Waals surface area contributed by atoms with Gasteiger partial charge in [0.05, 0.1) is 27.4 Å². The lowest BCUT2D eigenvalue weighted by atomic mass is 10.1. The molecule has 2 aromatic rings. The fourth-order valence-corrected chi connectivity index (χ4v) is 2.74. The minimum absolute atomic E-state index is 0.00635. The van der Waals surface area contributed by atoms with Crippen LogP contribution in [-0.4, -0.2) is 11.8 Å². The van der Waals surface area contributed by atoms with Gasteiger partial charge in [-0.3, -0.25) is 9.59 Å². The van der Waals surface area contributed by atoms with Gasteiger partial charge in [-0.1, -0.05) is 23.2 Å². The molecule has 1 aliphatic heterocycles. The highest BCUT2D eigenvalue weighted by Crippen LogP contribution is 2.38. The average molecular weight is 340 g/mol. The van der Waals surface area contributed by atoms with E-state index in [4.69, 9.17) is 11.6 Å².